The van der Waals surface area contributed by atoms with E-state index in [1.807, 2.05) is 6.20 Å². The Morgan fingerprint density at radius 1 is 1.20 bits per heavy atom. The van der Waals surface area contributed by atoms with E-state index in [4.69, 9.17) is 4.99 Å². The maximum atomic E-state index is 4.89. The monoisotopic (exact) mass is 452 g/mol. The Morgan fingerprint density at radius 3 is 2.56 bits per heavy atom. The maximum Gasteiger partial charge on any atom is 0.194 e. The third-order valence-electron chi connectivity index (χ3n) is 5.61. The summed E-state index contributed by atoms with van der Waals surface area (Å²) in [6.45, 7) is 13.8. The molecule has 4 nitrogen and oxygen atoms in total. The van der Waals surface area contributed by atoms with Crippen LogP contribution in [0.25, 0.3) is 10.8 Å². The van der Waals surface area contributed by atoms with Crippen molar-refractivity contribution in [2.75, 3.05) is 13.1 Å². The van der Waals surface area contributed by atoms with Crippen LogP contribution in [0, 0.1) is 5.41 Å². The van der Waals surface area contributed by atoms with Crippen LogP contribution in [-0.2, 0) is 6.54 Å². The van der Waals surface area contributed by atoms with Crippen molar-refractivity contribution in [2.24, 2.45) is 10.4 Å². The number of nitrogens with one attached hydrogen (secondary N) is 1. The first kappa shape index (κ1) is 19.9. The number of likely N-dealkylation sites (tertiary alicyclic amines) is 1. The lowest BCUT2D eigenvalue weighted by molar-refractivity contribution is -0.0667. The number of nitrogens with zero attached hydrogens (tertiary/aromatic N) is 3. The zero-order chi connectivity index (χ0) is 17.4. The standard InChI is InChI=1S/C20H28N4.HI/c1-6-21-18(24-14-19(2,3)20(24,4)5)23-13-17-16-10-8-7-9-15(16)11-12-22-17;/h7-12H,6,13-14H2,1-5H3,(H,21,23);1H. The summed E-state index contributed by atoms with van der Waals surface area (Å²) >= 11 is 0. The third kappa shape index (κ3) is 3.61. The molecule has 1 aromatic heterocycles. The molecule has 1 aromatic carbocycles. The van der Waals surface area contributed by atoms with Gasteiger partial charge in [-0.15, -0.1) is 24.0 Å². The number of hydrogen-bond donors (Lipinski definition) is 1. The summed E-state index contributed by atoms with van der Waals surface area (Å²) in [6, 6.07) is 10.4. The molecular weight excluding hydrogens is 423 g/mol. The molecule has 0 bridgehead atoms. The van der Waals surface area contributed by atoms with Crippen LogP contribution in [0.2, 0.25) is 0 Å². The van der Waals surface area contributed by atoms with Gasteiger partial charge in [-0.05, 0) is 32.2 Å². The molecule has 0 spiro atoms. The first-order chi connectivity index (χ1) is 11.4. The number of guanidine groups is 1. The molecule has 1 saturated heterocycles. The van der Waals surface area contributed by atoms with Gasteiger partial charge in [-0.3, -0.25) is 4.98 Å². The van der Waals surface area contributed by atoms with E-state index in [0.717, 1.165) is 24.7 Å². The van der Waals surface area contributed by atoms with E-state index in [9.17, 15) is 0 Å². The lowest BCUT2D eigenvalue weighted by atomic mass is 9.65. The van der Waals surface area contributed by atoms with E-state index < -0.39 is 0 Å². The predicted octanol–water partition coefficient (Wildman–Crippen LogP) is 4.44. The van der Waals surface area contributed by atoms with Gasteiger partial charge in [0.25, 0.3) is 0 Å². The molecule has 2 aromatic rings. The van der Waals surface area contributed by atoms with E-state index >= 15 is 0 Å². The van der Waals surface area contributed by atoms with Crippen molar-refractivity contribution in [1.29, 1.82) is 0 Å². The Morgan fingerprint density at radius 2 is 1.92 bits per heavy atom. The SMILES string of the molecule is CCNC(=NCc1nccc2ccccc12)N1CC(C)(C)C1(C)C.I. The van der Waals surface area contributed by atoms with Gasteiger partial charge in [-0.25, -0.2) is 4.99 Å². The topological polar surface area (TPSA) is 40.5 Å². The quantitative estimate of drug-likeness (QED) is 0.426. The molecular formula is C20H29IN4. The lowest BCUT2D eigenvalue weighted by Gasteiger charge is -2.62. The fourth-order valence-corrected chi connectivity index (χ4v) is 3.25. The average molecular weight is 452 g/mol. The molecule has 0 unspecified atom stereocenters. The maximum absolute atomic E-state index is 4.89. The molecule has 3 rings (SSSR count). The van der Waals surface area contributed by atoms with Crippen LogP contribution >= 0.6 is 24.0 Å². The number of aromatic nitrogens is 1. The molecule has 5 heteroatoms. The van der Waals surface area contributed by atoms with Crippen molar-refractivity contribution < 1.29 is 0 Å². The lowest BCUT2D eigenvalue weighted by Crippen LogP contribution is -2.72. The molecule has 1 aliphatic heterocycles. The van der Waals surface area contributed by atoms with Gasteiger partial charge in [0.15, 0.2) is 5.96 Å². The summed E-state index contributed by atoms with van der Waals surface area (Å²) in [5, 5.41) is 5.84. The zero-order valence-electron chi connectivity index (χ0n) is 15.8. The average Bonchev–Trinajstić information content (AvgIpc) is 2.56. The summed E-state index contributed by atoms with van der Waals surface area (Å²) in [4.78, 5) is 11.8. The van der Waals surface area contributed by atoms with E-state index in [1.54, 1.807) is 0 Å². The number of benzene rings is 1. The van der Waals surface area contributed by atoms with E-state index in [2.05, 4.69) is 80.2 Å². The van der Waals surface area contributed by atoms with Crippen molar-refractivity contribution in [3.8, 4) is 0 Å². The van der Waals surface area contributed by atoms with E-state index in [1.165, 1.54) is 10.8 Å². The summed E-state index contributed by atoms with van der Waals surface area (Å²) in [6.07, 6.45) is 1.87. The normalized spacial score (nSPS) is 18.4. The minimum Gasteiger partial charge on any atom is -0.356 e. The highest BCUT2D eigenvalue weighted by Gasteiger charge is 2.53. The van der Waals surface area contributed by atoms with Gasteiger partial charge < -0.3 is 10.2 Å². The number of aliphatic imine (C=N–C) groups is 1. The first-order valence-electron chi connectivity index (χ1n) is 8.75. The zero-order valence-corrected chi connectivity index (χ0v) is 18.2. The molecule has 1 fully saturated rings. The molecule has 1 N–H and O–H groups in total. The second-order valence-corrected chi connectivity index (χ2v) is 7.68. The van der Waals surface area contributed by atoms with Crippen molar-refractivity contribution in [1.82, 2.24) is 15.2 Å². The predicted molar refractivity (Wildman–Crippen MR) is 117 cm³/mol. The highest BCUT2D eigenvalue weighted by Crippen LogP contribution is 2.46. The molecule has 1 aliphatic rings. The highest BCUT2D eigenvalue weighted by molar-refractivity contribution is 14.0. The van der Waals surface area contributed by atoms with Crippen LogP contribution < -0.4 is 5.32 Å². The Kier molecular flexibility index (Phi) is 5.97. The molecule has 0 aliphatic carbocycles. The molecule has 0 saturated carbocycles. The highest BCUT2D eigenvalue weighted by atomic mass is 127. The van der Waals surface area contributed by atoms with E-state index in [-0.39, 0.29) is 29.5 Å². The van der Waals surface area contributed by atoms with Crippen LogP contribution in [0.5, 0.6) is 0 Å². The van der Waals surface area contributed by atoms with Gasteiger partial charge in [0, 0.05) is 35.6 Å². The van der Waals surface area contributed by atoms with Crippen LogP contribution in [0.3, 0.4) is 0 Å². The Balaban J connectivity index is 0.00000225. The largest absolute Gasteiger partial charge is 0.356 e. The van der Waals surface area contributed by atoms with Gasteiger partial charge >= 0.3 is 0 Å². The number of pyridine rings is 1. The van der Waals surface area contributed by atoms with Crippen molar-refractivity contribution in [2.45, 2.75) is 46.7 Å². The van der Waals surface area contributed by atoms with Gasteiger partial charge in [-0.1, -0.05) is 38.1 Å². The van der Waals surface area contributed by atoms with Crippen LogP contribution in [0.4, 0.5) is 0 Å². The molecule has 25 heavy (non-hydrogen) atoms. The second kappa shape index (κ2) is 7.48. The van der Waals surface area contributed by atoms with Gasteiger partial charge in [0.1, 0.15) is 0 Å². The molecule has 0 amide bonds. The number of fused-ring (bicyclic) bond motifs is 1. The van der Waals surface area contributed by atoms with Crippen LogP contribution in [0.15, 0.2) is 41.5 Å². The number of rotatable bonds is 3. The molecule has 2 heterocycles. The molecule has 0 radical (unpaired) electrons. The van der Waals surface area contributed by atoms with Crippen molar-refractivity contribution in [3.05, 3.63) is 42.2 Å². The minimum atomic E-state index is 0. The summed E-state index contributed by atoms with van der Waals surface area (Å²) in [5.41, 5.74) is 1.42. The Hall–Kier alpha value is -1.37. The Bertz CT molecular complexity index is 762. The molecule has 136 valence electrons. The van der Waals surface area contributed by atoms with Crippen molar-refractivity contribution >= 4 is 40.7 Å². The van der Waals surface area contributed by atoms with Gasteiger partial charge in [0.2, 0.25) is 0 Å². The fourth-order valence-electron chi connectivity index (χ4n) is 3.25. The third-order valence-corrected chi connectivity index (χ3v) is 5.61. The van der Waals surface area contributed by atoms with Crippen LogP contribution in [0.1, 0.15) is 40.3 Å². The smallest absolute Gasteiger partial charge is 0.194 e. The van der Waals surface area contributed by atoms with Gasteiger partial charge in [0.05, 0.1) is 12.2 Å². The summed E-state index contributed by atoms with van der Waals surface area (Å²) in [7, 11) is 0. The Labute approximate surface area is 168 Å². The number of halogens is 1. The first-order valence-corrected chi connectivity index (χ1v) is 8.75. The summed E-state index contributed by atoms with van der Waals surface area (Å²) < 4.78 is 0. The van der Waals surface area contributed by atoms with Crippen molar-refractivity contribution in [3.63, 3.8) is 0 Å². The summed E-state index contributed by atoms with van der Waals surface area (Å²) in [5.74, 6) is 0.983. The fraction of sp³-hybridized carbons (Fsp3) is 0.500. The number of hydrogen-bond acceptors (Lipinski definition) is 2. The van der Waals surface area contributed by atoms with Crippen LogP contribution in [-0.4, -0.2) is 34.5 Å². The molecule has 0 atom stereocenters. The second-order valence-electron chi connectivity index (χ2n) is 7.68. The van der Waals surface area contributed by atoms with E-state index in [0.29, 0.717) is 12.0 Å². The van der Waals surface area contributed by atoms with Gasteiger partial charge in [-0.2, -0.15) is 0 Å². The minimum absolute atomic E-state index is 0.